The van der Waals surface area contributed by atoms with Crippen LogP contribution in [0.3, 0.4) is 0 Å². The Morgan fingerprint density at radius 2 is 1.85 bits per heavy atom. The lowest BCUT2D eigenvalue weighted by Crippen LogP contribution is -2.54. The summed E-state index contributed by atoms with van der Waals surface area (Å²) in [6, 6.07) is 0.440. The summed E-state index contributed by atoms with van der Waals surface area (Å²) >= 11 is 10.4. The van der Waals surface area contributed by atoms with Gasteiger partial charge in [-0.1, -0.05) is 26.7 Å². The molecule has 0 aliphatic heterocycles. The van der Waals surface area contributed by atoms with Gasteiger partial charge in [0.1, 0.15) is 0 Å². The van der Waals surface area contributed by atoms with E-state index in [1.54, 1.807) is 7.11 Å². The molecule has 1 aliphatic carbocycles. The Kier molecular flexibility index (Phi) is 8.09. The summed E-state index contributed by atoms with van der Waals surface area (Å²) in [5.41, 5.74) is 5.79. The van der Waals surface area contributed by atoms with Crippen molar-refractivity contribution < 1.29 is 4.74 Å². The molecule has 0 aromatic heterocycles. The number of hydrazine groups is 1. The van der Waals surface area contributed by atoms with Crippen molar-refractivity contribution >= 4 is 34.7 Å². The minimum Gasteiger partial charge on any atom is -0.383 e. The van der Waals surface area contributed by atoms with Gasteiger partial charge in [0.2, 0.25) is 0 Å². The average molecular weight is 319 g/mol. The lowest BCUT2D eigenvalue weighted by molar-refractivity contribution is 0.204. The number of ether oxygens (including phenoxy) is 1. The first-order chi connectivity index (χ1) is 9.54. The van der Waals surface area contributed by atoms with Crippen molar-refractivity contribution in [2.45, 2.75) is 39.2 Å². The maximum absolute atomic E-state index is 5.28. The quantitative estimate of drug-likeness (QED) is 0.354. The van der Waals surface area contributed by atoms with Crippen LogP contribution < -0.4 is 21.5 Å². The van der Waals surface area contributed by atoms with Gasteiger partial charge in [-0.05, 0) is 42.7 Å². The number of hydrogen-bond acceptors (Lipinski definition) is 3. The molecule has 116 valence electrons. The molecule has 0 amide bonds. The van der Waals surface area contributed by atoms with Crippen molar-refractivity contribution in [3.63, 3.8) is 0 Å². The fourth-order valence-electron chi connectivity index (χ4n) is 2.41. The van der Waals surface area contributed by atoms with Crippen molar-refractivity contribution in [2.75, 3.05) is 20.3 Å². The Bertz CT molecular complexity index is 327. The highest BCUT2D eigenvalue weighted by atomic mass is 32.1. The zero-order valence-electron chi connectivity index (χ0n) is 12.5. The summed E-state index contributed by atoms with van der Waals surface area (Å²) in [7, 11) is 1.65. The van der Waals surface area contributed by atoms with Crippen LogP contribution in [0.4, 0.5) is 0 Å². The van der Waals surface area contributed by atoms with Crippen LogP contribution in [0.1, 0.15) is 33.1 Å². The molecule has 3 atom stereocenters. The molecule has 0 aromatic carbocycles. The summed E-state index contributed by atoms with van der Waals surface area (Å²) in [5, 5.41) is 7.47. The zero-order chi connectivity index (χ0) is 15.0. The van der Waals surface area contributed by atoms with E-state index in [4.69, 9.17) is 29.2 Å². The van der Waals surface area contributed by atoms with Crippen LogP contribution >= 0.6 is 24.4 Å². The predicted octanol–water partition coefficient (Wildman–Crippen LogP) is 1.30. The highest BCUT2D eigenvalue weighted by Gasteiger charge is 2.27. The Hall–Kier alpha value is -0.660. The van der Waals surface area contributed by atoms with Gasteiger partial charge < -0.3 is 15.4 Å². The highest BCUT2D eigenvalue weighted by molar-refractivity contribution is 7.80. The van der Waals surface area contributed by atoms with Gasteiger partial charge in [-0.2, -0.15) is 0 Å². The minimum absolute atomic E-state index is 0.440. The fraction of sp³-hybridized carbons (Fsp3) is 0.846. The second-order valence-corrected chi connectivity index (χ2v) is 6.16. The summed E-state index contributed by atoms with van der Waals surface area (Å²) in [4.78, 5) is 0. The molecule has 0 unspecified atom stereocenters. The van der Waals surface area contributed by atoms with E-state index in [0.717, 1.165) is 5.92 Å². The van der Waals surface area contributed by atoms with E-state index in [2.05, 4.69) is 35.3 Å². The van der Waals surface area contributed by atoms with Crippen molar-refractivity contribution in [1.29, 1.82) is 0 Å². The molecule has 0 saturated heterocycles. The second kappa shape index (κ2) is 9.31. The molecule has 20 heavy (non-hydrogen) atoms. The van der Waals surface area contributed by atoms with Crippen LogP contribution in [0.15, 0.2) is 0 Å². The van der Waals surface area contributed by atoms with Gasteiger partial charge in [0.05, 0.1) is 6.61 Å². The zero-order valence-corrected chi connectivity index (χ0v) is 14.1. The first kappa shape index (κ1) is 17.4. The fourth-order valence-corrected chi connectivity index (χ4v) is 2.77. The van der Waals surface area contributed by atoms with E-state index in [1.165, 1.54) is 19.3 Å². The lowest BCUT2D eigenvalue weighted by Gasteiger charge is -2.35. The van der Waals surface area contributed by atoms with Gasteiger partial charge in [-0.3, -0.25) is 10.9 Å². The van der Waals surface area contributed by atoms with Crippen LogP contribution in [0.25, 0.3) is 0 Å². The van der Waals surface area contributed by atoms with Gasteiger partial charge in [0.15, 0.2) is 10.2 Å². The molecule has 5 nitrogen and oxygen atoms in total. The van der Waals surface area contributed by atoms with E-state index in [1.807, 2.05) is 0 Å². The number of hydrogen-bond donors (Lipinski definition) is 4. The van der Waals surface area contributed by atoms with E-state index in [9.17, 15) is 0 Å². The maximum Gasteiger partial charge on any atom is 0.185 e. The third-order valence-corrected chi connectivity index (χ3v) is 4.37. The van der Waals surface area contributed by atoms with Crippen LogP contribution in [0.2, 0.25) is 0 Å². The predicted molar refractivity (Wildman–Crippen MR) is 90.4 cm³/mol. The molecular formula is C13H26N4OS2. The van der Waals surface area contributed by atoms with Crippen molar-refractivity contribution in [1.82, 2.24) is 21.5 Å². The van der Waals surface area contributed by atoms with Crippen LogP contribution in [-0.2, 0) is 4.74 Å². The summed E-state index contributed by atoms with van der Waals surface area (Å²) in [5.74, 6) is 1.38. The van der Waals surface area contributed by atoms with E-state index >= 15 is 0 Å². The molecule has 1 saturated carbocycles. The Labute approximate surface area is 132 Å². The van der Waals surface area contributed by atoms with Crippen LogP contribution in [-0.4, -0.2) is 36.5 Å². The molecule has 0 bridgehead atoms. The van der Waals surface area contributed by atoms with Crippen LogP contribution in [0.5, 0.6) is 0 Å². The van der Waals surface area contributed by atoms with E-state index < -0.39 is 0 Å². The highest BCUT2D eigenvalue weighted by Crippen LogP contribution is 2.29. The second-order valence-electron chi connectivity index (χ2n) is 5.35. The molecule has 0 aromatic rings. The standard InChI is InChI=1S/C13H26N4OS2/c1-9-5-4-6-11(10(9)2)15-13(20)17-16-12(19)14-7-8-18-3/h9-11H,4-8H2,1-3H3,(H2,14,16,19)(H2,15,17,20)/t9-,10+,11+/m0/s1. The van der Waals surface area contributed by atoms with Gasteiger partial charge >= 0.3 is 0 Å². The Morgan fingerprint density at radius 1 is 1.15 bits per heavy atom. The summed E-state index contributed by atoms with van der Waals surface area (Å²) in [6.45, 7) is 5.87. The van der Waals surface area contributed by atoms with E-state index in [0.29, 0.717) is 35.3 Å². The molecule has 1 aliphatic rings. The lowest BCUT2D eigenvalue weighted by atomic mass is 9.78. The number of nitrogens with one attached hydrogen (secondary N) is 4. The number of methoxy groups -OCH3 is 1. The summed E-state index contributed by atoms with van der Waals surface area (Å²) < 4.78 is 4.93. The molecule has 0 spiro atoms. The van der Waals surface area contributed by atoms with Crippen molar-refractivity contribution in [3.05, 3.63) is 0 Å². The Morgan fingerprint density at radius 3 is 2.55 bits per heavy atom. The number of thiocarbonyl (C=S) groups is 2. The van der Waals surface area contributed by atoms with Gasteiger partial charge in [-0.25, -0.2) is 0 Å². The maximum atomic E-state index is 5.28. The van der Waals surface area contributed by atoms with Crippen molar-refractivity contribution in [2.24, 2.45) is 11.8 Å². The SMILES string of the molecule is COCCNC(=S)NNC(=S)N[C@@H]1CCC[C@H](C)[C@H]1C. The molecular weight excluding hydrogens is 292 g/mol. The normalized spacial score (nSPS) is 25.6. The van der Waals surface area contributed by atoms with Crippen LogP contribution in [0, 0.1) is 11.8 Å². The van der Waals surface area contributed by atoms with Gasteiger partial charge in [-0.15, -0.1) is 0 Å². The molecule has 1 fully saturated rings. The monoisotopic (exact) mass is 318 g/mol. The number of rotatable bonds is 4. The third kappa shape index (κ3) is 6.19. The smallest absolute Gasteiger partial charge is 0.185 e. The molecule has 4 N–H and O–H groups in total. The molecule has 0 radical (unpaired) electrons. The van der Waals surface area contributed by atoms with Crippen molar-refractivity contribution in [3.8, 4) is 0 Å². The largest absolute Gasteiger partial charge is 0.383 e. The third-order valence-electron chi connectivity index (χ3n) is 3.90. The molecule has 7 heteroatoms. The van der Waals surface area contributed by atoms with Gasteiger partial charge in [0.25, 0.3) is 0 Å². The first-order valence-electron chi connectivity index (χ1n) is 7.14. The topological polar surface area (TPSA) is 57.4 Å². The van der Waals surface area contributed by atoms with Gasteiger partial charge in [0, 0.05) is 19.7 Å². The van der Waals surface area contributed by atoms with E-state index in [-0.39, 0.29) is 0 Å². The molecule has 0 heterocycles. The Balaban J connectivity index is 2.21. The summed E-state index contributed by atoms with van der Waals surface area (Å²) in [6.07, 6.45) is 3.74. The average Bonchev–Trinajstić information content (AvgIpc) is 2.42. The minimum atomic E-state index is 0.440. The first-order valence-corrected chi connectivity index (χ1v) is 7.95. The molecule has 1 rings (SSSR count).